The third-order valence-electron chi connectivity index (χ3n) is 6.30. The first-order chi connectivity index (χ1) is 10.9. The van der Waals surface area contributed by atoms with Crippen molar-refractivity contribution in [3.8, 4) is 0 Å². The van der Waals surface area contributed by atoms with E-state index in [0.717, 1.165) is 36.9 Å². The van der Waals surface area contributed by atoms with Gasteiger partial charge in [-0.3, -0.25) is 14.3 Å². The van der Waals surface area contributed by atoms with E-state index in [1.807, 2.05) is 25.8 Å². The summed E-state index contributed by atoms with van der Waals surface area (Å²) in [4.78, 5) is 27.7. The van der Waals surface area contributed by atoms with Crippen LogP contribution in [0.2, 0.25) is 0 Å². The molecule has 4 fully saturated rings. The van der Waals surface area contributed by atoms with Crippen LogP contribution in [0.5, 0.6) is 0 Å². The molecule has 5 rings (SSSR count). The molecule has 0 aromatic carbocycles. The molecule has 2 saturated heterocycles. The van der Waals surface area contributed by atoms with Gasteiger partial charge >= 0.3 is 0 Å². The van der Waals surface area contributed by atoms with Gasteiger partial charge in [-0.05, 0) is 63.7 Å². The second kappa shape index (κ2) is 5.18. The van der Waals surface area contributed by atoms with E-state index in [-0.39, 0.29) is 17.7 Å². The monoisotopic (exact) mass is 315 g/mol. The summed E-state index contributed by atoms with van der Waals surface area (Å²) in [5, 5.41) is 4.29. The van der Waals surface area contributed by atoms with Gasteiger partial charge in [-0.1, -0.05) is 0 Å². The Kier molecular flexibility index (Phi) is 3.36. The zero-order valence-corrected chi connectivity index (χ0v) is 14.2. The number of carbonyl (C=O) groups excluding carboxylic acids is 2. The minimum atomic E-state index is -0.366. The molecule has 5 heteroatoms. The van der Waals surface area contributed by atoms with Crippen LogP contribution in [0.4, 0.5) is 0 Å². The van der Waals surface area contributed by atoms with Crippen LogP contribution in [0.15, 0.2) is 0 Å². The Bertz CT molecular complexity index is 664. The lowest BCUT2D eigenvalue weighted by Gasteiger charge is -2.38. The first-order valence-corrected chi connectivity index (χ1v) is 8.79. The number of nitrogens with zero attached hydrogens (tertiary/aromatic N) is 3. The summed E-state index contributed by atoms with van der Waals surface area (Å²) in [6, 6.07) is 0.278. The second-order valence-corrected chi connectivity index (χ2v) is 7.89. The van der Waals surface area contributed by atoms with Crippen molar-refractivity contribution in [1.29, 1.82) is 0 Å². The summed E-state index contributed by atoms with van der Waals surface area (Å²) in [5.41, 5.74) is 1.94. The Labute approximate surface area is 137 Å². The quantitative estimate of drug-likeness (QED) is 0.621. The van der Waals surface area contributed by atoms with Crippen LogP contribution in [-0.2, 0) is 11.8 Å². The van der Waals surface area contributed by atoms with Crippen LogP contribution in [0.25, 0.3) is 0 Å². The van der Waals surface area contributed by atoms with Crippen molar-refractivity contribution < 1.29 is 9.59 Å². The van der Waals surface area contributed by atoms with Gasteiger partial charge in [-0.25, -0.2) is 0 Å². The Morgan fingerprint density at radius 3 is 2.17 bits per heavy atom. The summed E-state index contributed by atoms with van der Waals surface area (Å²) >= 11 is 0. The smallest absolute Gasteiger partial charge is 0.295 e. The molecular formula is C18H25N3O2. The highest BCUT2D eigenvalue weighted by Gasteiger charge is 2.45. The number of hydrogen-bond donors (Lipinski definition) is 0. The van der Waals surface area contributed by atoms with E-state index in [9.17, 15) is 9.59 Å². The van der Waals surface area contributed by atoms with Gasteiger partial charge in [0.1, 0.15) is 0 Å². The zero-order chi connectivity index (χ0) is 16.3. The van der Waals surface area contributed by atoms with Crippen molar-refractivity contribution in [2.75, 3.05) is 6.54 Å². The van der Waals surface area contributed by atoms with Gasteiger partial charge < -0.3 is 4.90 Å². The van der Waals surface area contributed by atoms with E-state index in [2.05, 4.69) is 5.10 Å². The fourth-order valence-electron chi connectivity index (χ4n) is 5.37. The third-order valence-corrected chi connectivity index (χ3v) is 6.30. The first kappa shape index (κ1) is 14.9. The van der Waals surface area contributed by atoms with Crippen molar-refractivity contribution in [1.82, 2.24) is 14.7 Å². The molecule has 1 amide bonds. The molecule has 1 aromatic rings. The SMILES string of the molecule is Cc1nn(C)c(C)c1C(=O)C(=O)N1CC2CC3CC(C2)CC1C3. The first-order valence-electron chi connectivity index (χ1n) is 8.79. The Morgan fingerprint density at radius 1 is 1.00 bits per heavy atom. The molecule has 2 aliphatic heterocycles. The molecule has 124 valence electrons. The molecule has 1 aromatic heterocycles. The number of Topliss-reactive ketones (excluding diaryl/α,β-unsaturated/α-hetero) is 1. The summed E-state index contributed by atoms with van der Waals surface area (Å²) in [5.74, 6) is 1.47. The van der Waals surface area contributed by atoms with Gasteiger partial charge in [0.2, 0.25) is 0 Å². The van der Waals surface area contributed by atoms with Crippen LogP contribution in [0, 0.1) is 31.6 Å². The number of rotatable bonds is 2. The van der Waals surface area contributed by atoms with Gasteiger partial charge in [-0.15, -0.1) is 0 Å². The molecule has 2 aliphatic carbocycles. The van der Waals surface area contributed by atoms with Gasteiger partial charge in [0, 0.05) is 25.3 Å². The number of ketones is 1. The highest BCUT2D eigenvalue weighted by Crippen LogP contribution is 2.47. The Balaban J connectivity index is 1.62. The summed E-state index contributed by atoms with van der Waals surface area (Å²) in [6.45, 7) is 4.45. The highest BCUT2D eigenvalue weighted by atomic mass is 16.2. The maximum absolute atomic E-state index is 13.0. The number of aromatic nitrogens is 2. The van der Waals surface area contributed by atoms with E-state index in [4.69, 9.17) is 0 Å². The minimum absolute atomic E-state index is 0.278. The minimum Gasteiger partial charge on any atom is -0.333 e. The van der Waals surface area contributed by atoms with Gasteiger partial charge in [0.25, 0.3) is 11.7 Å². The lowest BCUT2D eigenvalue weighted by Crippen LogP contribution is -2.45. The van der Waals surface area contributed by atoms with E-state index >= 15 is 0 Å². The van der Waals surface area contributed by atoms with Crippen LogP contribution < -0.4 is 0 Å². The normalized spacial score (nSPS) is 32.2. The van der Waals surface area contributed by atoms with Crippen molar-refractivity contribution in [3.05, 3.63) is 17.0 Å². The molecule has 0 radical (unpaired) electrons. The molecule has 5 nitrogen and oxygen atoms in total. The summed E-state index contributed by atoms with van der Waals surface area (Å²) in [6.07, 6.45) is 6.02. The second-order valence-electron chi connectivity index (χ2n) is 7.89. The van der Waals surface area contributed by atoms with Crippen LogP contribution in [0.1, 0.15) is 53.8 Å². The predicted octanol–water partition coefficient (Wildman–Crippen LogP) is 2.26. The zero-order valence-electron chi connectivity index (χ0n) is 14.2. The molecule has 3 heterocycles. The molecule has 2 unspecified atom stereocenters. The standard InChI is InChI=1S/C18H25N3O2/c1-10-16(11(2)20(3)19-10)17(22)18(23)21-9-14-5-12-4-13(6-14)8-15(21)7-12/h12-15H,4-9H2,1-3H3. The largest absolute Gasteiger partial charge is 0.333 e. The van der Waals surface area contributed by atoms with Crippen molar-refractivity contribution in [3.63, 3.8) is 0 Å². The molecule has 2 saturated carbocycles. The van der Waals surface area contributed by atoms with Gasteiger partial charge in [-0.2, -0.15) is 5.10 Å². The molecule has 4 aliphatic rings. The predicted molar refractivity (Wildman–Crippen MR) is 86.1 cm³/mol. The molecule has 23 heavy (non-hydrogen) atoms. The van der Waals surface area contributed by atoms with Crippen LogP contribution >= 0.6 is 0 Å². The maximum Gasteiger partial charge on any atom is 0.295 e. The Morgan fingerprint density at radius 2 is 1.61 bits per heavy atom. The fraction of sp³-hybridized carbons (Fsp3) is 0.722. The van der Waals surface area contributed by atoms with E-state index in [0.29, 0.717) is 17.2 Å². The van der Waals surface area contributed by atoms with E-state index in [1.54, 1.807) is 4.68 Å². The van der Waals surface area contributed by atoms with E-state index in [1.165, 1.54) is 19.3 Å². The third kappa shape index (κ3) is 2.32. The van der Waals surface area contributed by atoms with Crippen molar-refractivity contribution >= 4 is 11.7 Å². The fourth-order valence-corrected chi connectivity index (χ4v) is 5.37. The number of amides is 1. The van der Waals surface area contributed by atoms with Crippen LogP contribution in [-0.4, -0.2) is 39.0 Å². The summed E-state index contributed by atoms with van der Waals surface area (Å²) < 4.78 is 1.69. The number of carbonyl (C=O) groups is 2. The maximum atomic E-state index is 13.0. The number of aryl methyl sites for hydroxylation is 2. The molecular weight excluding hydrogens is 290 g/mol. The molecule has 0 N–H and O–H groups in total. The highest BCUT2D eigenvalue weighted by molar-refractivity contribution is 6.43. The average molecular weight is 315 g/mol. The van der Waals surface area contributed by atoms with Gasteiger partial charge in [0.05, 0.1) is 11.3 Å². The topological polar surface area (TPSA) is 55.2 Å². The summed E-state index contributed by atoms with van der Waals surface area (Å²) in [7, 11) is 1.82. The molecule has 4 bridgehead atoms. The van der Waals surface area contributed by atoms with E-state index < -0.39 is 0 Å². The lowest BCUT2D eigenvalue weighted by atomic mass is 9.68. The number of hydrogen-bond acceptors (Lipinski definition) is 3. The van der Waals surface area contributed by atoms with Crippen molar-refractivity contribution in [2.45, 2.75) is 52.0 Å². The average Bonchev–Trinajstić information content (AvgIpc) is 2.62. The van der Waals surface area contributed by atoms with Crippen molar-refractivity contribution in [2.24, 2.45) is 24.8 Å². The van der Waals surface area contributed by atoms with Crippen LogP contribution in [0.3, 0.4) is 0 Å². The van der Waals surface area contributed by atoms with Gasteiger partial charge in [0.15, 0.2) is 0 Å². The molecule has 0 spiro atoms. The number of fused-ring (bicyclic) bond motifs is 1. The molecule has 2 atom stereocenters. The lowest BCUT2D eigenvalue weighted by molar-refractivity contribution is -0.129. The Hall–Kier alpha value is -1.65.